The van der Waals surface area contributed by atoms with E-state index >= 15 is 0 Å². The van der Waals surface area contributed by atoms with E-state index in [9.17, 15) is 27.5 Å². The van der Waals surface area contributed by atoms with E-state index in [2.05, 4.69) is 5.10 Å². The minimum Gasteiger partial charge on any atom is -0.426 e. The van der Waals surface area contributed by atoms with E-state index < -0.39 is 41.1 Å². The van der Waals surface area contributed by atoms with E-state index in [0.29, 0.717) is 5.46 Å². The molecule has 1 aliphatic heterocycles. The van der Waals surface area contributed by atoms with Gasteiger partial charge in [-0.3, -0.25) is 9.48 Å². The van der Waals surface area contributed by atoms with Crippen LogP contribution < -0.4 is 10.4 Å². The van der Waals surface area contributed by atoms with Gasteiger partial charge in [-0.15, -0.1) is 0 Å². The van der Waals surface area contributed by atoms with Gasteiger partial charge in [-0.2, -0.15) is 18.3 Å². The van der Waals surface area contributed by atoms with Gasteiger partial charge in [-0.25, -0.2) is 4.39 Å². The predicted octanol–water partition coefficient (Wildman–Crippen LogP) is 3.40. The summed E-state index contributed by atoms with van der Waals surface area (Å²) in [4.78, 5) is 14.6. The number of rotatable bonds is 6. The number of anilines is 1. The zero-order valence-electron chi connectivity index (χ0n) is 18.5. The van der Waals surface area contributed by atoms with Gasteiger partial charge in [-0.1, -0.05) is 0 Å². The van der Waals surface area contributed by atoms with Crippen LogP contribution >= 0.6 is 0 Å². The average Bonchev–Trinajstić information content (AvgIpc) is 3.12. The van der Waals surface area contributed by atoms with E-state index in [4.69, 9.17) is 4.65 Å². The molecule has 0 aliphatic carbocycles. The Labute approximate surface area is 184 Å². The number of fused-ring (bicyclic) bond motifs is 1. The van der Waals surface area contributed by atoms with E-state index in [1.165, 1.54) is 23.3 Å². The van der Waals surface area contributed by atoms with Crippen molar-refractivity contribution in [3.05, 3.63) is 41.2 Å². The number of hydrogen-bond donors (Lipinski definition) is 1. The SMILES string of the molecule is C[C@H]1CN(c2ccc(C(F)(F)F)c(CF)c2)C(=O)c2c([B]OC(C)(C)C(C)(C)O)cnn21. The van der Waals surface area contributed by atoms with Crippen LogP contribution in [-0.2, 0) is 17.5 Å². The van der Waals surface area contributed by atoms with Crippen LogP contribution in [0.3, 0.4) is 0 Å². The lowest BCUT2D eigenvalue weighted by Crippen LogP contribution is -2.50. The average molecular weight is 454 g/mol. The fraction of sp³-hybridized carbons (Fsp3) is 0.524. The van der Waals surface area contributed by atoms with Crippen LogP contribution in [0.5, 0.6) is 0 Å². The fourth-order valence-corrected chi connectivity index (χ4v) is 3.28. The lowest BCUT2D eigenvalue weighted by molar-refractivity contribution is -0.138. The monoisotopic (exact) mass is 454 g/mol. The summed E-state index contributed by atoms with van der Waals surface area (Å²) in [6.45, 7) is 7.22. The number of aliphatic hydroxyl groups is 1. The molecule has 1 radical (unpaired) electrons. The molecule has 1 aliphatic rings. The maximum atomic E-state index is 13.3. The smallest absolute Gasteiger partial charge is 0.416 e. The lowest BCUT2D eigenvalue weighted by atomic mass is 9.82. The lowest BCUT2D eigenvalue weighted by Gasteiger charge is -2.37. The van der Waals surface area contributed by atoms with Crippen molar-refractivity contribution >= 4 is 24.5 Å². The Bertz CT molecular complexity index is 1010. The third kappa shape index (κ3) is 4.40. The molecular formula is C21H25BF4N3O3. The molecule has 1 aromatic heterocycles. The van der Waals surface area contributed by atoms with Gasteiger partial charge in [0.1, 0.15) is 12.4 Å². The van der Waals surface area contributed by atoms with Gasteiger partial charge in [0.25, 0.3) is 5.91 Å². The number of alkyl halides is 4. The Kier molecular flexibility index (Phi) is 6.20. The molecule has 1 atom stereocenters. The molecule has 0 bridgehead atoms. The van der Waals surface area contributed by atoms with Crippen molar-refractivity contribution in [2.45, 2.75) is 64.7 Å². The molecule has 1 N–H and O–H groups in total. The van der Waals surface area contributed by atoms with Crippen molar-refractivity contribution in [2.75, 3.05) is 11.4 Å². The zero-order chi connectivity index (χ0) is 24.1. The van der Waals surface area contributed by atoms with Crippen LogP contribution in [0.15, 0.2) is 24.4 Å². The summed E-state index contributed by atoms with van der Waals surface area (Å²) in [6, 6.07) is 2.71. The van der Waals surface area contributed by atoms with E-state index in [-0.39, 0.29) is 24.0 Å². The van der Waals surface area contributed by atoms with Crippen molar-refractivity contribution in [1.29, 1.82) is 0 Å². The molecule has 1 amide bonds. The second kappa shape index (κ2) is 8.19. The molecule has 2 aromatic rings. The fourth-order valence-electron chi connectivity index (χ4n) is 3.28. The number of aromatic nitrogens is 2. The van der Waals surface area contributed by atoms with E-state index in [1.807, 2.05) is 6.92 Å². The Morgan fingerprint density at radius 3 is 2.47 bits per heavy atom. The second-order valence-corrected chi connectivity index (χ2v) is 8.94. The third-order valence-electron chi connectivity index (χ3n) is 5.94. The van der Waals surface area contributed by atoms with Crippen LogP contribution in [0.25, 0.3) is 0 Å². The van der Waals surface area contributed by atoms with Crippen LogP contribution in [0.4, 0.5) is 23.2 Å². The van der Waals surface area contributed by atoms with Crippen LogP contribution in [0, 0.1) is 0 Å². The van der Waals surface area contributed by atoms with Gasteiger partial charge in [0.2, 0.25) is 0 Å². The Morgan fingerprint density at radius 1 is 1.25 bits per heavy atom. The number of carbonyl (C=O) groups excluding carboxylic acids is 1. The largest absolute Gasteiger partial charge is 0.426 e. The number of amides is 1. The summed E-state index contributed by atoms with van der Waals surface area (Å²) in [5, 5.41) is 14.5. The van der Waals surface area contributed by atoms with Gasteiger partial charge < -0.3 is 14.7 Å². The minimum absolute atomic E-state index is 0.153. The van der Waals surface area contributed by atoms with Gasteiger partial charge in [0.15, 0.2) is 0 Å². The van der Waals surface area contributed by atoms with Gasteiger partial charge in [0.05, 0.1) is 22.8 Å². The Morgan fingerprint density at radius 2 is 1.91 bits per heavy atom. The molecule has 0 saturated carbocycles. The van der Waals surface area contributed by atoms with Crippen LogP contribution in [-0.4, -0.2) is 46.0 Å². The number of hydrogen-bond acceptors (Lipinski definition) is 4. The van der Waals surface area contributed by atoms with Crippen molar-refractivity contribution < 1.29 is 32.1 Å². The molecule has 11 heteroatoms. The number of nitrogens with zero attached hydrogens (tertiary/aromatic N) is 3. The highest BCUT2D eigenvalue weighted by Crippen LogP contribution is 2.35. The molecule has 2 heterocycles. The normalized spacial score (nSPS) is 17.5. The quantitative estimate of drug-likeness (QED) is 0.537. The Balaban J connectivity index is 1.94. The van der Waals surface area contributed by atoms with Crippen molar-refractivity contribution in [3.8, 4) is 0 Å². The van der Waals surface area contributed by atoms with Gasteiger partial charge >= 0.3 is 13.7 Å². The van der Waals surface area contributed by atoms with Crippen molar-refractivity contribution in [1.82, 2.24) is 9.78 Å². The topological polar surface area (TPSA) is 67.6 Å². The molecule has 0 fully saturated rings. The maximum absolute atomic E-state index is 13.3. The second-order valence-electron chi connectivity index (χ2n) is 8.94. The highest BCUT2D eigenvalue weighted by molar-refractivity contribution is 6.49. The summed E-state index contributed by atoms with van der Waals surface area (Å²) in [5.74, 6) is -0.499. The van der Waals surface area contributed by atoms with E-state index in [0.717, 1.165) is 18.2 Å². The van der Waals surface area contributed by atoms with E-state index in [1.54, 1.807) is 27.7 Å². The van der Waals surface area contributed by atoms with Gasteiger partial charge in [-0.05, 0) is 63.8 Å². The predicted molar refractivity (Wildman–Crippen MR) is 112 cm³/mol. The standard InChI is InChI=1S/C21H25BF4N3O3/c1-12-11-28(14-6-7-15(21(24,25)26)13(8-14)9-23)18(30)17-16(10-27-29(12)17)22-32-20(4,5)19(2,3)31/h6-8,10,12,31H,9,11H2,1-5H3/t12-/m0/s1. The Hall–Kier alpha value is -2.40. The molecule has 1 aromatic carbocycles. The summed E-state index contributed by atoms with van der Waals surface area (Å²) < 4.78 is 60.0. The number of benzene rings is 1. The molecule has 0 saturated heterocycles. The summed E-state index contributed by atoms with van der Waals surface area (Å²) in [5.41, 5.74) is -3.03. The summed E-state index contributed by atoms with van der Waals surface area (Å²) in [6.07, 6.45) is -3.24. The first-order valence-electron chi connectivity index (χ1n) is 10.1. The molecular weight excluding hydrogens is 429 g/mol. The van der Waals surface area contributed by atoms with Gasteiger partial charge in [0, 0.05) is 18.4 Å². The van der Waals surface area contributed by atoms with Crippen LogP contribution in [0.2, 0.25) is 0 Å². The summed E-state index contributed by atoms with van der Waals surface area (Å²) >= 11 is 0. The molecule has 32 heavy (non-hydrogen) atoms. The number of carbonyl (C=O) groups is 1. The summed E-state index contributed by atoms with van der Waals surface area (Å²) in [7, 11) is 1.34. The highest BCUT2D eigenvalue weighted by Gasteiger charge is 2.39. The molecule has 3 rings (SSSR count). The molecule has 0 unspecified atom stereocenters. The van der Waals surface area contributed by atoms with Crippen molar-refractivity contribution in [2.24, 2.45) is 0 Å². The minimum atomic E-state index is -4.69. The highest BCUT2D eigenvalue weighted by atomic mass is 19.4. The maximum Gasteiger partial charge on any atom is 0.416 e. The van der Waals surface area contributed by atoms with Crippen LogP contribution in [0.1, 0.15) is 62.3 Å². The molecule has 0 spiro atoms. The first-order chi connectivity index (χ1) is 14.7. The third-order valence-corrected chi connectivity index (χ3v) is 5.94. The number of halogens is 4. The molecule has 173 valence electrons. The van der Waals surface area contributed by atoms with Crippen molar-refractivity contribution in [3.63, 3.8) is 0 Å². The first kappa shape index (κ1) is 24.3. The molecule has 6 nitrogen and oxygen atoms in total. The zero-order valence-corrected chi connectivity index (χ0v) is 18.5. The first-order valence-corrected chi connectivity index (χ1v) is 10.1.